The Labute approximate surface area is 195 Å². The van der Waals surface area contributed by atoms with Gasteiger partial charge in [0.25, 0.3) is 0 Å². The molecule has 2 aromatic heterocycles. The summed E-state index contributed by atoms with van der Waals surface area (Å²) in [6, 6.07) is 16.5. The molecule has 1 fully saturated rings. The minimum absolute atomic E-state index is 0.0175. The number of aromatic nitrogens is 2. The second kappa shape index (κ2) is 9.71. The lowest BCUT2D eigenvalue weighted by Crippen LogP contribution is -2.31. The Hall–Kier alpha value is -2.90. The van der Waals surface area contributed by atoms with Gasteiger partial charge in [0.1, 0.15) is 5.75 Å². The van der Waals surface area contributed by atoms with Gasteiger partial charge in [0.2, 0.25) is 0 Å². The van der Waals surface area contributed by atoms with Crippen LogP contribution in [-0.4, -0.2) is 46.9 Å². The topological polar surface area (TPSA) is 51.5 Å². The van der Waals surface area contributed by atoms with Crippen LogP contribution in [0.1, 0.15) is 41.1 Å². The van der Waals surface area contributed by atoms with Gasteiger partial charge in [-0.25, -0.2) is 0 Å². The molecular formula is C25H30N4O2S. The van der Waals surface area contributed by atoms with E-state index in [4.69, 9.17) is 21.7 Å². The summed E-state index contributed by atoms with van der Waals surface area (Å²) in [4.78, 5) is 6.93. The van der Waals surface area contributed by atoms with Gasteiger partial charge in [0.15, 0.2) is 5.11 Å². The van der Waals surface area contributed by atoms with Gasteiger partial charge in [-0.1, -0.05) is 6.07 Å². The SMILES string of the molecule is COCCCN1C(=S)NC(c2ccccn2)C1c1cc(C)n(-c2ccc(OC)cc2)c1C. The molecule has 4 rings (SSSR count). The number of hydrogen-bond acceptors (Lipinski definition) is 4. The smallest absolute Gasteiger partial charge is 0.170 e. The van der Waals surface area contributed by atoms with Crippen LogP contribution in [0, 0.1) is 13.8 Å². The van der Waals surface area contributed by atoms with Crippen molar-refractivity contribution in [3.05, 3.63) is 77.4 Å². The number of benzene rings is 1. The van der Waals surface area contributed by atoms with E-state index in [0.717, 1.165) is 35.2 Å². The fourth-order valence-electron chi connectivity index (χ4n) is 4.58. The Kier molecular flexibility index (Phi) is 6.77. The summed E-state index contributed by atoms with van der Waals surface area (Å²) >= 11 is 5.77. The molecule has 7 heteroatoms. The van der Waals surface area contributed by atoms with Gasteiger partial charge >= 0.3 is 0 Å². The van der Waals surface area contributed by atoms with Crippen LogP contribution in [0.4, 0.5) is 0 Å². The van der Waals surface area contributed by atoms with Gasteiger partial charge in [-0.3, -0.25) is 4.98 Å². The van der Waals surface area contributed by atoms with Crippen molar-refractivity contribution in [3.63, 3.8) is 0 Å². The molecule has 3 aromatic rings. The van der Waals surface area contributed by atoms with Crippen LogP contribution in [-0.2, 0) is 4.74 Å². The number of thiocarbonyl (C=S) groups is 1. The first-order valence-electron chi connectivity index (χ1n) is 10.9. The zero-order chi connectivity index (χ0) is 22.7. The lowest BCUT2D eigenvalue weighted by Gasteiger charge is -2.28. The fraction of sp³-hybridized carbons (Fsp3) is 0.360. The first-order valence-corrected chi connectivity index (χ1v) is 11.3. The number of hydrogen-bond donors (Lipinski definition) is 1. The Balaban J connectivity index is 1.76. The van der Waals surface area contributed by atoms with E-state index in [0.29, 0.717) is 6.61 Å². The second-order valence-electron chi connectivity index (χ2n) is 8.03. The zero-order valence-electron chi connectivity index (χ0n) is 19.0. The van der Waals surface area contributed by atoms with Crippen molar-refractivity contribution in [1.82, 2.24) is 19.8 Å². The zero-order valence-corrected chi connectivity index (χ0v) is 19.9. The van der Waals surface area contributed by atoms with E-state index in [2.05, 4.69) is 57.9 Å². The normalized spacial score (nSPS) is 18.1. The minimum atomic E-state index is -0.0175. The lowest BCUT2D eigenvalue weighted by molar-refractivity contribution is 0.180. The first-order chi connectivity index (χ1) is 15.5. The van der Waals surface area contributed by atoms with Crippen molar-refractivity contribution in [2.75, 3.05) is 27.4 Å². The van der Waals surface area contributed by atoms with Crippen LogP contribution in [0.5, 0.6) is 5.75 Å². The summed E-state index contributed by atoms with van der Waals surface area (Å²) < 4.78 is 12.9. The third kappa shape index (κ3) is 4.23. The Morgan fingerprint density at radius 1 is 1.09 bits per heavy atom. The quantitative estimate of drug-likeness (QED) is 0.403. The molecule has 32 heavy (non-hydrogen) atoms. The number of aryl methyl sites for hydroxylation is 1. The highest BCUT2D eigenvalue weighted by Crippen LogP contribution is 2.41. The van der Waals surface area contributed by atoms with E-state index in [1.165, 1.54) is 17.0 Å². The molecule has 1 N–H and O–H groups in total. The van der Waals surface area contributed by atoms with Crippen LogP contribution in [0.25, 0.3) is 5.69 Å². The molecule has 0 amide bonds. The van der Waals surface area contributed by atoms with Crippen molar-refractivity contribution < 1.29 is 9.47 Å². The van der Waals surface area contributed by atoms with Crippen molar-refractivity contribution in [3.8, 4) is 11.4 Å². The highest BCUT2D eigenvalue weighted by atomic mass is 32.1. The average Bonchev–Trinajstić information content (AvgIpc) is 3.29. The van der Waals surface area contributed by atoms with Gasteiger partial charge in [-0.2, -0.15) is 0 Å². The van der Waals surface area contributed by atoms with Crippen molar-refractivity contribution >= 4 is 17.3 Å². The molecule has 0 radical (unpaired) electrons. The summed E-state index contributed by atoms with van der Waals surface area (Å²) in [6.07, 6.45) is 2.74. The molecule has 1 saturated heterocycles. The van der Waals surface area contributed by atoms with Gasteiger partial charge in [0, 0.05) is 43.5 Å². The van der Waals surface area contributed by atoms with E-state index in [-0.39, 0.29) is 12.1 Å². The highest BCUT2D eigenvalue weighted by Gasteiger charge is 2.41. The maximum absolute atomic E-state index is 5.77. The summed E-state index contributed by atoms with van der Waals surface area (Å²) in [5, 5.41) is 4.29. The molecule has 2 atom stereocenters. The van der Waals surface area contributed by atoms with E-state index in [1.54, 1.807) is 14.2 Å². The van der Waals surface area contributed by atoms with E-state index in [1.807, 2.05) is 30.5 Å². The molecule has 0 bridgehead atoms. The molecule has 3 heterocycles. The average molecular weight is 451 g/mol. The lowest BCUT2D eigenvalue weighted by atomic mass is 9.96. The van der Waals surface area contributed by atoms with Crippen molar-refractivity contribution in [1.29, 1.82) is 0 Å². The fourth-order valence-corrected chi connectivity index (χ4v) is 4.91. The molecule has 1 aromatic carbocycles. The molecular weight excluding hydrogens is 420 g/mol. The Morgan fingerprint density at radius 2 is 1.88 bits per heavy atom. The minimum Gasteiger partial charge on any atom is -0.497 e. The van der Waals surface area contributed by atoms with Gasteiger partial charge in [0.05, 0.1) is 24.9 Å². The number of ether oxygens (including phenoxy) is 2. The van der Waals surface area contributed by atoms with Crippen LogP contribution in [0.3, 0.4) is 0 Å². The molecule has 2 unspecified atom stereocenters. The molecule has 168 valence electrons. The number of nitrogens with one attached hydrogen (secondary N) is 1. The maximum atomic E-state index is 5.77. The summed E-state index contributed by atoms with van der Waals surface area (Å²) in [5.74, 6) is 0.848. The predicted molar refractivity (Wildman–Crippen MR) is 130 cm³/mol. The Bertz CT molecular complexity index is 1070. The third-order valence-electron chi connectivity index (χ3n) is 6.06. The van der Waals surface area contributed by atoms with E-state index >= 15 is 0 Å². The van der Waals surface area contributed by atoms with Crippen LogP contribution in [0.2, 0.25) is 0 Å². The molecule has 0 spiro atoms. The number of rotatable bonds is 8. The van der Waals surface area contributed by atoms with Crippen LogP contribution >= 0.6 is 12.2 Å². The molecule has 0 aliphatic carbocycles. The maximum Gasteiger partial charge on any atom is 0.170 e. The van der Waals surface area contributed by atoms with E-state index in [9.17, 15) is 0 Å². The molecule has 0 saturated carbocycles. The van der Waals surface area contributed by atoms with Gasteiger partial charge < -0.3 is 24.3 Å². The van der Waals surface area contributed by atoms with E-state index < -0.39 is 0 Å². The summed E-state index contributed by atoms with van der Waals surface area (Å²) in [5.41, 5.74) is 5.72. The number of methoxy groups -OCH3 is 2. The largest absolute Gasteiger partial charge is 0.497 e. The first kappa shape index (κ1) is 22.3. The third-order valence-corrected chi connectivity index (χ3v) is 6.42. The molecule has 6 nitrogen and oxygen atoms in total. The second-order valence-corrected chi connectivity index (χ2v) is 8.41. The monoisotopic (exact) mass is 450 g/mol. The van der Waals surface area contributed by atoms with Crippen molar-refractivity contribution in [2.24, 2.45) is 0 Å². The molecule has 1 aliphatic heterocycles. The van der Waals surface area contributed by atoms with Crippen LogP contribution in [0.15, 0.2) is 54.7 Å². The van der Waals surface area contributed by atoms with Gasteiger partial charge in [-0.15, -0.1) is 0 Å². The Morgan fingerprint density at radius 3 is 2.53 bits per heavy atom. The van der Waals surface area contributed by atoms with Gasteiger partial charge in [-0.05, 0) is 80.5 Å². The van der Waals surface area contributed by atoms with Crippen LogP contribution < -0.4 is 10.1 Å². The molecule has 1 aliphatic rings. The summed E-state index contributed by atoms with van der Waals surface area (Å²) in [6.45, 7) is 5.84. The highest BCUT2D eigenvalue weighted by molar-refractivity contribution is 7.80. The predicted octanol–water partition coefficient (Wildman–Crippen LogP) is 4.51. The summed E-state index contributed by atoms with van der Waals surface area (Å²) in [7, 11) is 3.42. The van der Waals surface area contributed by atoms with Crippen molar-refractivity contribution in [2.45, 2.75) is 32.4 Å². The number of nitrogens with zero attached hydrogens (tertiary/aromatic N) is 3. The standard InChI is InChI=1S/C25H30N4O2S/c1-17-16-21(18(2)29(17)19-9-11-20(31-4)12-10-19)24-23(22-8-5-6-13-26-22)27-25(32)28(24)14-7-15-30-3/h5-6,8-13,16,23-24H,7,14-15H2,1-4H3,(H,27,32). The number of pyridine rings is 1.